The maximum atomic E-state index is 11.8. The van der Waals surface area contributed by atoms with E-state index in [2.05, 4.69) is 10.6 Å². The Morgan fingerprint density at radius 2 is 2.15 bits per heavy atom. The Bertz CT molecular complexity index is 512. The number of hydrogen-bond acceptors (Lipinski definition) is 4. The van der Waals surface area contributed by atoms with Gasteiger partial charge < -0.3 is 20.5 Å². The molecule has 2 rings (SSSR count). The van der Waals surface area contributed by atoms with Crippen LogP contribution in [0, 0.1) is 0 Å². The number of hydrogen-bond donors (Lipinski definition) is 3. The Balaban J connectivity index is 1.80. The number of rotatable bonds is 6. The van der Waals surface area contributed by atoms with E-state index in [0.717, 1.165) is 12.8 Å². The monoisotopic (exact) mass is 278 g/mol. The van der Waals surface area contributed by atoms with Crippen molar-refractivity contribution >= 4 is 11.8 Å². The average molecular weight is 278 g/mol. The van der Waals surface area contributed by atoms with Crippen LogP contribution in [0.2, 0.25) is 0 Å². The van der Waals surface area contributed by atoms with E-state index in [9.17, 15) is 14.7 Å². The molecule has 0 radical (unpaired) electrons. The SMILES string of the molecule is COc1ccc(C(=O)NCCC(=O)NC2CC2)c(O)c1. The number of carbonyl (C=O) groups is 2. The fraction of sp³-hybridized carbons (Fsp3) is 0.429. The highest BCUT2D eigenvalue weighted by atomic mass is 16.5. The third-order valence-corrected chi connectivity index (χ3v) is 3.03. The quantitative estimate of drug-likeness (QED) is 0.718. The first kappa shape index (κ1) is 14.2. The van der Waals surface area contributed by atoms with Gasteiger partial charge in [-0.25, -0.2) is 0 Å². The van der Waals surface area contributed by atoms with E-state index in [1.807, 2.05) is 0 Å². The maximum Gasteiger partial charge on any atom is 0.255 e. The number of phenols is 1. The van der Waals surface area contributed by atoms with Crippen molar-refractivity contribution in [2.45, 2.75) is 25.3 Å². The van der Waals surface area contributed by atoms with Gasteiger partial charge in [0.15, 0.2) is 0 Å². The normalized spacial score (nSPS) is 13.7. The number of methoxy groups -OCH3 is 1. The summed E-state index contributed by atoms with van der Waals surface area (Å²) in [6, 6.07) is 4.76. The van der Waals surface area contributed by atoms with Crippen LogP contribution in [0.3, 0.4) is 0 Å². The molecule has 0 bridgehead atoms. The van der Waals surface area contributed by atoms with Crippen molar-refractivity contribution in [1.82, 2.24) is 10.6 Å². The van der Waals surface area contributed by atoms with Crippen molar-refractivity contribution < 1.29 is 19.4 Å². The van der Waals surface area contributed by atoms with Crippen molar-refractivity contribution in [2.24, 2.45) is 0 Å². The second-order valence-corrected chi connectivity index (χ2v) is 4.73. The van der Waals surface area contributed by atoms with Crippen LogP contribution in [0.5, 0.6) is 11.5 Å². The van der Waals surface area contributed by atoms with Crippen molar-refractivity contribution in [2.75, 3.05) is 13.7 Å². The summed E-state index contributed by atoms with van der Waals surface area (Å²) in [5.41, 5.74) is 0.161. The van der Waals surface area contributed by atoms with E-state index < -0.39 is 5.91 Å². The Morgan fingerprint density at radius 1 is 1.40 bits per heavy atom. The molecule has 0 atom stereocenters. The van der Waals surface area contributed by atoms with Crippen LogP contribution in [-0.2, 0) is 4.79 Å². The summed E-state index contributed by atoms with van der Waals surface area (Å²) < 4.78 is 4.94. The number of nitrogens with one attached hydrogen (secondary N) is 2. The van der Waals surface area contributed by atoms with E-state index in [4.69, 9.17) is 4.74 Å². The Morgan fingerprint density at radius 3 is 2.75 bits per heavy atom. The predicted molar refractivity (Wildman–Crippen MR) is 72.8 cm³/mol. The molecule has 1 aliphatic rings. The molecular formula is C14H18N2O4. The fourth-order valence-electron chi connectivity index (χ4n) is 1.74. The lowest BCUT2D eigenvalue weighted by Crippen LogP contribution is -2.31. The molecule has 6 heteroatoms. The second-order valence-electron chi connectivity index (χ2n) is 4.73. The summed E-state index contributed by atoms with van der Waals surface area (Å²) in [4.78, 5) is 23.3. The van der Waals surface area contributed by atoms with Gasteiger partial charge in [0.25, 0.3) is 5.91 Å². The van der Waals surface area contributed by atoms with Gasteiger partial charge in [-0.15, -0.1) is 0 Å². The number of amides is 2. The molecule has 1 aromatic rings. The highest BCUT2D eigenvalue weighted by molar-refractivity contribution is 5.97. The molecule has 108 valence electrons. The molecule has 0 aliphatic heterocycles. The zero-order valence-corrected chi connectivity index (χ0v) is 11.3. The van der Waals surface area contributed by atoms with Crippen LogP contribution in [0.15, 0.2) is 18.2 Å². The molecule has 0 saturated heterocycles. The minimum atomic E-state index is -0.413. The Kier molecular flexibility index (Phi) is 4.45. The molecule has 1 aromatic carbocycles. The molecule has 1 saturated carbocycles. The zero-order chi connectivity index (χ0) is 14.5. The molecule has 6 nitrogen and oxygen atoms in total. The van der Waals surface area contributed by atoms with Crippen LogP contribution >= 0.6 is 0 Å². The van der Waals surface area contributed by atoms with Gasteiger partial charge in [-0.05, 0) is 25.0 Å². The van der Waals surface area contributed by atoms with Crippen molar-refractivity contribution in [3.8, 4) is 11.5 Å². The maximum absolute atomic E-state index is 11.8. The lowest BCUT2D eigenvalue weighted by atomic mass is 10.1. The molecule has 0 spiro atoms. The van der Waals surface area contributed by atoms with Gasteiger partial charge >= 0.3 is 0 Å². The third kappa shape index (κ3) is 3.88. The molecule has 3 N–H and O–H groups in total. The van der Waals surface area contributed by atoms with Gasteiger partial charge in [-0.3, -0.25) is 9.59 Å². The molecule has 0 unspecified atom stereocenters. The van der Waals surface area contributed by atoms with E-state index >= 15 is 0 Å². The molecule has 1 fully saturated rings. The summed E-state index contributed by atoms with van der Waals surface area (Å²) in [6.07, 6.45) is 2.31. The van der Waals surface area contributed by atoms with Gasteiger partial charge in [0.1, 0.15) is 11.5 Å². The van der Waals surface area contributed by atoms with Crippen molar-refractivity contribution in [1.29, 1.82) is 0 Å². The summed E-state index contributed by atoms with van der Waals surface area (Å²) in [5, 5.41) is 15.1. The van der Waals surface area contributed by atoms with Crippen molar-refractivity contribution in [3.05, 3.63) is 23.8 Å². The van der Waals surface area contributed by atoms with Gasteiger partial charge in [0.2, 0.25) is 5.91 Å². The number of phenolic OH excluding ortho intramolecular Hbond substituents is 1. The topological polar surface area (TPSA) is 87.7 Å². The first-order valence-corrected chi connectivity index (χ1v) is 6.54. The smallest absolute Gasteiger partial charge is 0.255 e. The number of aromatic hydroxyl groups is 1. The fourth-order valence-corrected chi connectivity index (χ4v) is 1.74. The second kappa shape index (κ2) is 6.27. The van der Waals surface area contributed by atoms with Gasteiger partial charge in [0, 0.05) is 25.1 Å². The van der Waals surface area contributed by atoms with Crippen molar-refractivity contribution in [3.63, 3.8) is 0 Å². The summed E-state index contributed by atoms with van der Waals surface area (Å²) in [5.74, 6) is -0.150. The number of carbonyl (C=O) groups excluding carboxylic acids is 2. The molecule has 0 aromatic heterocycles. The molecule has 20 heavy (non-hydrogen) atoms. The highest BCUT2D eigenvalue weighted by Gasteiger charge is 2.22. The first-order chi connectivity index (χ1) is 9.60. The lowest BCUT2D eigenvalue weighted by molar-refractivity contribution is -0.121. The minimum Gasteiger partial charge on any atom is -0.507 e. The highest BCUT2D eigenvalue weighted by Crippen LogP contribution is 2.23. The van der Waals surface area contributed by atoms with Crippen LogP contribution < -0.4 is 15.4 Å². The van der Waals surface area contributed by atoms with E-state index in [-0.39, 0.29) is 30.2 Å². The standard InChI is InChI=1S/C14H18N2O4/c1-20-10-4-5-11(12(17)8-10)14(19)15-7-6-13(18)16-9-2-3-9/h4-5,8-9,17H,2-3,6-7H2,1H3,(H,15,19)(H,16,18). The van der Waals surface area contributed by atoms with Crippen LogP contribution in [0.4, 0.5) is 0 Å². The molecule has 1 aliphatic carbocycles. The van der Waals surface area contributed by atoms with Gasteiger partial charge in [-0.1, -0.05) is 0 Å². The average Bonchev–Trinajstić information content (AvgIpc) is 3.22. The Labute approximate surface area is 117 Å². The van der Waals surface area contributed by atoms with Crippen LogP contribution in [0.1, 0.15) is 29.6 Å². The van der Waals surface area contributed by atoms with E-state index in [0.29, 0.717) is 11.8 Å². The van der Waals surface area contributed by atoms with Crippen LogP contribution in [0.25, 0.3) is 0 Å². The number of ether oxygens (including phenoxy) is 1. The third-order valence-electron chi connectivity index (χ3n) is 3.03. The summed E-state index contributed by atoms with van der Waals surface area (Å²) >= 11 is 0. The molecule has 0 heterocycles. The largest absolute Gasteiger partial charge is 0.507 e. The molecular weight excluding hydrogens is 260 g/mol. The van der Waals surface area contributed by atoms with Gasteiger partial charge in [-0.2, -0.15) is 0 Å². The zero-order valence-electron chi connectivity index (χ0n) is 11.3. The van der Waals surface area contributed by atoms with E-state index in [1.54, 1.807) is 6.07 Å². The minimum absolute atomic E-state index is 0.0632. The molecule has 2 amide bonds. The summed E-state index contributed by atoms with van der Waals surface area (Å²) in [7, 11) is 1.48. The number of benzene rings is 1. The first-order valence-electron chi connectivity index (χ1n) is 6.54. The lowest BCUT2D eigenvalue weighted by Gasteiger charge is -2.08. The predicted octanol–water partition coefficient (Wildman–Crippen LogP) is 0.799. The Hall–Kier alpha value is -2.24. The van der Waals surface area contributed by atoms with Crippen LogP contribution in [-0.4, -0.2) is 36.6 Å². The summed E-state index contributed by atoms with van der Waals surface area (Å²) in [6.45, 7) is 0.239. The van der Waals surface area contributed by atoms with E-state index in [1.165, 1.54) is 19.2 Å². The van der Waals surface area contributed by atoms with Gasteiger partial charge in [0.05, 0.1) is 12.7 Å².